The van der Waals surface area contributed by atoms with Crippen molar-refractivity contribution < 1.29 is 22.7 Å². The highest BCUT2D eigenvalue weighted by molar-refractivity contribution is 5.75. The van der Waals surface area contributed by atoms with Crippen molar-refractivity contribution in [3.05, 3.63) is 0 Å². The van der Waals surface area contributed by atoms with Crippen LogP contribution in [0.3, 0.4) is 0 Å². The normalized spacial score (nSPS) is 10.2. The van der Waals surface area contributed by atoms with Crippen LogP contribution in [0.5, 0.6) is 0 Å². The van der Waals surface area contributed by atoms with Gasteiger partial charge in [-0.3, -0.25) is 0 Å². The first-order valence-corrected chi connectivity index (χ1v) is 2.09. The fourth-order valence-corrected chi connectivity index (χ4v) is 0.180. The number of nitrogens with zero attached hydrogens (tertiary/aromatic N) is 1. The van der Waals surface area contributed by atoms with Gasteiger partial charge in [0.2, 0.25) is 0 Å². The van der Waals surface area contributed by atoms with Gasteiger partial charge in [-0.2, -0.15) is 18.4 Å². The maximum Gasteiger partial charge on any atom is 0.490 e. The number of nitriles is 1. The third-order valence-corrected chi connectivity index (χ3v) is 0.499. The number of carbonyl (C=O) groups excluding carboxylic acids is 1. The molecule has 0 aromatic rings. The molecule has 56 valence electrons. The lowest BCUT2D eigenvalue weighted by Crippen LogP contribution is -2.25. The Morgan fingerprint density at radius 2 is 2.10 bits per heavy atom. The van der Waals surface area contributed by atoms with Crippen molar-refractivity contribution in [3.8, 4) is 6.07 Å². The van der Waals surface area contributed by atoms with Gasteiger partial charge < -0.3 is 4.74 Å². The molecule has 0 aromatic carbocycles. The van der Waals surface area contributed by atoms with E-state index in [-0.39, 0.29) is 0 Å². The summed E-state index contributed by atoms with van der Waals surface area (Å²) in [6.45, 7) is -0.877. The van der Waals surface area contributed by atoms with Gasteiger partial charge in [0.25, 0.3) is 0 Å². The quantitative estimate of drug-likeness (QED) is 0.518. The van der Waals surface area contributed by atoms with E-state index in [0.717, 1.165) is 0 Å². The van der Waals surface area contributed by atoms with E-state index in [1.54, 1.807) is 0 Å². The SMILES string of the molecule is N#CCOC(=O)C(F)(F)F. The summed E-state index contributed by atoms with van der Waals surface area (Å²) in [5, 5.41) is 7.69. The van der Waals surface area contributed by atoms with E-state index >= 15 is 0 Å². The number of carbonyl (C=O) groups is 1. The molecule has 0 amide bonds. The van der Waals surface area contributed by atoms with Gasteiger partial charge in [-0.25, -0.2) is 4.79 Å². The third-order valence-electron chi connectivity index (χ3n) is 0.499. The summed E-state index contributed by atoms with van der Waals surface area (Å²) in [4.78, 5) is 9.73. The Bertz CT molecular complexity index is 168. The molecular formula is C4H2F3NO2. The highest BCUT2D eigenvalue weighted by Crippen LogP contribution is 2.15. The van der Waals surface area contributed by atoms with Crippen LogP contribution in [-0.2, 0) is 9.53 Å². The highest BCUT2D eigenvalue weighted by Gasteiger charge is 2.40. The van der Waals surface area contributed by atoms with Gasteiger partial charge in [0, 0.05) is 0 Å². The molecule has 0 unspecified atom stereocenters. The molecule has 0 aromatic heterocycles. The smallest absolute Gasteiger partial charge is 0.444 e. The lowest BCUT2D eigenvalue weighted by molar-refractivity contribution is -0.198. The molecule has 0 fully saturated rings. The second-order valence-corrected chi connectivity index (χ2v) is 1.23. The van der Waals surface area contributed by atoms with Gasteiger partial charge in [0.05, 0.1) is 0 Å². The van der Waals surface area contributed by atoms with Crippen LogP contribution in [0.2, 0.25) is 0 Å². The molecule has 0 radical (unpaired) electrons. The number of halogens is 3. The summed E-state index contributed by atoms with van der Waals surface area (Å²) in [7, 11) is 0. The van der Waals surface area contributed by atoms with Crippen molar-refractivity contribution in [1.82, 2.24) is 0 Å². The molecular weight excluding hydrogens is 151 g/mol. The molecule has 0 spiro atoms. The molecule has 0 N–H and O–H groups in total. The second kappa shape index (κ2) is 3.06. The molecule has 0 heterocycles. The number of hydrogen-bond donors (Lipinski definition) is 0. The van der Waals surface area contributed by atoms with Gasteiger partial charge in [-0.15, -0.1) is 0 Å². The van der Waals surface area contributed by atoms with Crippen molar-refractivity contribution in [1.29, 1.82) is 5.26 Å². The largest absolute Gasteiger partial charge is 0.490 e. The Morgan fingerprint density at radius 3 is 2.40 bits per heavy atom. The summed E-state index contributed by atoms with van der Waals surface area (Å²) in [6, 6.07) is 1.23. The highest BCUT2D eigenvalue weighted by atomic mass is 19.4. The van der Waals surface area contributed by atoms with E-state index in [2.05, 4.69) is 4.74 Å². The predicted molar refractivity (Wildman–Crippen MR) is 22.6 cm³/mol. The summed E-state index contributed by atoms with van der Waals surface area (Å²) >= 11 is 0. The van der Waals surface area contributed by atoms with Gasteiger partial charge in [0.1, 0.15) is 6.07 Å². The minimum Gasteiger partial charge on any atom is -0.444 e. The molecule has 6 heteroatoms. The Kier molecular flexibility index (Phi) is 2.67. The molecule has 0 bridgehead atoms. The molecule has 0 saturated carbocycles. The fourth-order valence-electron chi connectivity index (χ4n) is 0.180. The van der Waals surface area contributed by atoms with E-state index in [0.29, 0.717) is 0 Å². The number of ether oxygens (including phenoxy) is 1. The molecule has 0 saturated heterocycles. The summed E-state index contributed by atoms with van der Waals surface area (Å²) in [5.74, 6) is -2.34. The third kappa shape index (κ3) is 2.91. The Morgan fingerprint density at radius 1 is 1.60 bits per heavy atom. The van der Waals surface area contributed by atoms with Gasteiger partial charge in [-0.1, -0.05) is 0 Å². The monoisotopic (exact) mass is 153 g/mol. The van der Waals surface area contributed by atoms with Crippen molar-refractivity contribution in [2.45, 2.75) is 6.18 Å². The van der Waals surface area contributed by atoms with Crippen molar-refractivity contribution in [2.75, 3.05) is 6.61 Å². The molecule has 0 aliphatic carbocycles. The number of rotatable bonds is 1. The standard InChI is InChI=1S/C4H2F3NO2/c5-4(6,7)3(9)10-2-1-8/h2H2. The topological polar surface area (TPSA) is 50.1 Å². The first-order valence-electron chi connectivity index (χ1n) is 2.09. The van der Waals surface area contributed by atoms with Crippen LogP contribution >= 0.6 is 0 Å². The minimum atomic E-state index is -5.00. The molecule has 0 rings (SSSR count). The predicted octanol–water partition coefficient (Wildman–Crippen LogP) is 0.615. The molecule has 3 nitrogen and oxygen atoms in total. The molecule has 10 heavy (non-hydrogen) atoms. The van der Waals surface area contributed by atoms with Gasteiger partial charge >= 0.3 is 12.1 Å². The number of hydrogen-bond acceptors (Lipinski definition) is 3. The summed E-state index contributed by atoms with van der Waals surface area (Å²) in [5.41, 5.74) is 0. The summed E-state index contributed by atoms with van der Waals surface area (Å²) < 4.78 is 37.0. The van der Waals surface area contributed by atoms with Crippen LogP contribution in [0.25, 0.3) is 0 Å². The fraction of sp³-hybridized carbons (Fsp3) is 0.500. The van der Waals surface area contributed by atoms with Crippen molar-refractivity contribution in [3.63, 3.8) is 0 Å². The van der Waals surface area contributed by atoms with Crippen LogP contribution < -0.4 is 0 Å². The molecule has 0 aliphatic heterocycles. The van der Waals surface area contributed by atoms with Crippen LogP contribution in [0, 0.1) is 11.3 Å². The lowest BCUT2D eigenvalue weighted by atomic mass is 10.6. The summed E-state index contributed by atoms with van der Waals surface area (Å²) in [6.07, 6.45) is -5.00. The van der Waals surface area contributed by atoms with Crippen LogP contribution in [0.4, 0.5) is 13.2 Å². The Balaban J connectivity index is 3.78. The first kappa shape index (κ1) is 8.75. The maximum absolute atomic E-state index is 11.2. The van der Waals surface area contributed by atoms with E-state index in [9.17, 15) is 18.0 Å². The average molecular weight is 153 g/mol. The van der Waals surface area contributed by atoms with Crippen molar-refractivity contribution in [2.24, 2.45) is 0 Å². The zero-order valence-corrected chi connectivity index (χ0v) is 4.60. The van der Waals surface area contributed by atoms with Gasteiger partial charge in [0.15, 0.2) is 6.61 Å². The zero-order valence-electron chi connectivity index (χ0n) is 4.60. The van der Waals surface area contributed by atoms with E-state index in [4.69, 9.17) is 5.26 Å². The minimum absolute atomic E-state index is 0.877. The first-order chi connectivity index (χ1) is 4.48. The molecule has 0 aliphatic rings. The second-order valence-electron chi connectivity index (χ2n) is 1.23. The number of alkyl halides is 3. The zero-order chi connectivity index (χ0) is 8.20. The van der Waals surface area contributed by atoms with Crippen LogP contribution in [-0.4, -0.2) is 18.8 Å². The van der Waals surface area contributed by atoms with Crippen LogP contribution in [0.15, 0.2) is 0 Å². The van der Waals surface area contributed by atoms with E-state index in [1.165, 1.54) is 6.07 Å². The van der Waals surface area contributed by atoms with E-state index in [1.807, 2.05) is 0 Å². The Hall–Kier alpha value is -1.25. The maximum atomic E-state index is 11.2. The van der Waals surface area contributed by atoms with Gasteiger partial charge in [-0.05, 0) is 0 Å². The average Bonchev–Trinajstić information content (AvgIpc) is 1.80. The van der Waals surface area contributed by atoms with E-state index < -0.39 is 18.8 Å². The molecule has 0 atom stereocenters. The Labute approximate surface area is 54.0 Å². The lowest BCUT2D eigenvalue weighted by Gasteiger charge is -2.01. The van der Waals surface area contributed by atoms with Crippen LogP contribution in [0.1, 0.15) is 0 Å². The number of esters is 1. The van der Waals surface area contributed by atoms with Crippen molar-refractivity contribution >= 4 is 5.97 Å².